The number of pyridine rings is 1. The van der Waals surface area contributed by atoms with E-state index in [2.05, 4.69) is 57.1 Å². The molecule has 0 radical (unpaired) electrons. The second kappa shape index (κ2) is 6.13. The van der Waals surface area contributed by atoms with Gasteiger partial charge in [0.25, 0.3) is 0 Å². The number of nitrogens with zero attached hydrogens (tertiary/aromatic N) is 3. The molecule has 4 nitrogen and oxygen atoms in total. The monoisotopic (exact) mass is 306 g/mol. The Morgan fingerprint density at radius 1 is 1.00 bits per heavy atom. The number of benzene rings is 1. The van der Waals surface area contributed by atoms with Crippen molar-refractivity contribution in [2.75, 3.05) is 13.1 Å². The minimum Gasteiger partial charge on any atom is -0.343 e. The molecule has 1 saturated heterocycles. The van der Waals surface area contributed by atoms with E-state index in [1.165, 1.54) is 43.5 Å². The van der Waals surface area contributed by atoms with E-state index in [1.807, 2.05) is 6.20 Å². The molecule has 0 amide bonds. The highest BCUT2D eigenvalue weighted by Crippen LogP contribution is 2.27. The number of fused-ring (bicyclic) bond motifs is 1. The molecule has 0 aliphatic carbocycles. The van der Waals surface area contributed by atoms with E-state index in [0.29, 0.717) is 6.04 Å². The fourth-order valence-electron chi connectivity index (χ4n) is 3.46. The maximum absolute atomic E-state index is 4.40. The lowest BCUT2D eigenvalue weighted by atomic mass is 10.00. The number of hydrogen-bond acceptors (Lipinski definition) is 3. The number of nitrogens with one attached hydrogen (secondary N) is 1. The van der Waals surface area contributed by atoms with Gasteiger partial charge in [0.1, 0.15) is 0 Å². The summed E-state index contributed by atoms with van der Waals surface area (Å²) in [7, 11) is 0. The first-order valence-corrected chi connectivity index (χ1v) is 8.45. The van der Waals surface area contributed by atoms with Crippen molar-refractivity contribution in [1.29, 1.82) is 0 Å². The van der Waals surface area contributed by atoms with Gasteiger partial charge in [-0.3, -0.25) is 4.90 Å². The Morgan fingerprint density at radius 2 is 1.78 bits per heavy atom. The Kier molecular flexibility index (Phi) is 3.83. The summed E-state index contributed by atoms with van der Waals surface area (Å²) in [4.78, 5) is 14.3. The highest BCUT2D eigenvalue weighted by Gasteiger charge is 2.18. The van der Waals surface area contributed by atoms with E-state index in [9.17, 15) is 0 Å². The van der Waals surface area contributed by atoms with Crippen LogP contribution < -0.4 is 0 Å². The van der Waals surface area contributed by atoms with Crippen LogP contribution in [0.1, 0.15) is 37.8 Å². The molecule has 3 heterocycles. The van der Waals surface area contributed by atoms with Crippen LogP contribution in [0.2, 0.25) is 0 Å². The molecule has 1 atom stereocenters. The quantitative estimate of drug-likeness (QED) is 0.790. The van der Waals surface area contributed by atoms with Gasteiger partial charge in [0.15, 0.2) is 5.65 Å². The summed E-state index contributed by atoms with van der Waals surface area (Å²) in [5, 5.41) is 0. The molecule has 1 aromatic carbocycles. The van der Waals surface area contributed by atoms with Gasteiger partial charge in [-0.2, -0.15) is 0 Å². The lowest BCUT2D eigenvalue weighted by molar-refractivity contribution is 0.175. The molecule has 3 aromatic rings. The zero-order valence-corrected chi connectivity index (χ0v) is 13.5. The zero-order chi connectivity index (χ0) is 15.6. The molecule has 2 aromatic heterocycles. The summed E-state index contributed by atoms with van der Waals surface area (Å²) < 4.78 is 0. The van der Waals surface area contributed by atoms with Gasteiger partial charge in [0.2, 0.25) is 0 Å². The first kappa shape index (κ1) is 14.4. The second-order valence-electron chi connectivity index (χ2n) is 6.39. The predicted molar refractivity (Wildman–Crippen MR) is 93.2 cm³/mol. The third-order valence-corrected chi connectivity index (χ3v) is 4.94. The average Bonchev–Trinajstić information content (AvgIpc) is 3.10. The lowest BCUT2D eigenvalue weighted by Gasteiger charge is -2.32. The summed E-state index contributed by atoms with van der Waals surface area (Å²) >= 11 is 0. The summed E-state index contributed by atoms with van der Waals surface area (Å²) in [5.74, 6) is 0. The number of aromatic nitrogens is 3. The minimum absolute atomic E-state index is 0.498. The van der Waals surface area contributed by atoms with Crippen LogP contribution in [0.25, 0.3) is 22.3 Å². The van der Waals surface area contributed by atoms with E-state index < -0.39 is 0 Å². The topological polar surface area (TPSA) is 44.8 Å². The Morgan fingerprint density at radius 3 is 2.57 bits per heavy atom. The van der Waals surface area contributed by atoms with Crippen molar-refractivity contribution in [1.82, 2.24) is 19.9 Å². The van der Waals surface area contributed by atoms with E-state index >= 15 is 0 Å². The van der Waals surface area contributed by atoms with Gasteiger partial charge < -0.3 is 4.98 Å². The molecule has 1 fully saturated rings. The van der Waals surface area contributed by atoms with Crippen molar-refractivity contribution < 1.29 is 0 Å². The highest BCUT2D eigenvalue weighted by atomic mass is 15.2. The van der Waals surface area contributed by atoms with Crippen LogP contribution >= 0.6 is 0 Å². The summed E-state index contributed by atoms with van der Waals surface area (Å²) in [6, 6.07) is 11.5. The van der Waals surface area contributed by atoms with Crippen LogP contribution in [0.5, 0.6) is 0 Å². The number of piperidine rings is 1. The number of aromatic amines is 1. The number of H-pyrrole nitrogens is 1. The Balaban J connectivity index is 1.57. The van der Waals surface area contributed by atoms with Gasteiger partial charge in [-0.05, 0) is 50.0 Å². The maximum Gasteiger partial charge on any atom is 0.177 e. The summed E-state index contributed by atoms with van der Waals surface area (Å²) in [6.45, 7) is 4.77. The molecular weight excluding hydrogens is 284 g/mol. The molecule has 1 aliphatic rings. The fourth-order valence-corrected chi connectivity index (χ4v) is 3.46. The van der Waals surface area contributed by atoms with Crippen LogP contribution in [0, 0.1) is 0 Å². The molecule has 0 saturated carbocycles. The summed E-state index contributed by atoms with van der Waals surface area (Å²) in [6.07, 6.45) is 7.62. The van der Waals surface area contributed by atoms with Crippen LogP contribution in [0.4, 0.5) is 0 Å². The second-order valence-corrected chi connectivity index (χ2v) is 6.39. The molecular formula is C19H22N4. The predicted octanol–water partition coefficient (Wildman–Crippen LogP) is 4.17. The first-order chi connectivity index (χ1) is 11.3. The Labute approximate surface area is 136 Å². The van der Waals surface area contributed by atoms with Gasteiger partial charge in [-0.1, -0.05) is 30.7 Å². The Hall–Kier alpha value is -2.20. The fraction of sp³-hybridized carbons (Fsp3) is 0.368. The van der Waals surface area contributed by atoms with Gasteiger partial charge in [0, 0.05) is 17.8 Å². The molecule has 0 unspecified atom stereocenters. The first-order valence-electron chi connectivity index (χ1n) is 8.45. The number of likely N-dealkylation sites (tertiary alicyclic amines) is 1. The zero-order valence-electron chi connectivity index (χ0n) is 13.5. The van der Waals surface area contributed by atoms with Crippen molar-refractivity contribution >= 4 is 11.2 Å². The molecule has 23 heavy (non-hydrogen) atoms. The number of rotatable bonds is 3. The van der Waals surface area contributed by atoms with Crippen molar-refractivity contribution in [3.8, 4) is 11.1 Å². The molecule has 1 aliphatic heterocycles. The van der Waals surface area contributed by atoms with Gasteiger partial charge in [-0.15, -0.1) is 0 Å². The number of imidazole rings is 1. The highest BCUT2D eigenvalue weighted by molar-refractivity contribution is 5.77. The van der Waals surface area contributed by atoms with Crippen LogP contribution in [0.15, 0.2) is 42.9 Å². The molecule has 4 rings (SSSR count). The van der Waals surface area contributed by atoms with Gasteiger partial charge >= 0.3 is 0 Å². The van der Waals surface area contributed by atoms with E-state index in [4.69, 9.17) is 0 Å². The lowest BCUT2D eigenvalue weighted by Crippen LogP contribution is -2.32. The average molecular weight is 306 g/mol. The Bertz CT molecular complexity index is 784. The van der Waals surface area contributed by atoms with Gasteiger partial charge in [-0.25, -0.2) is 9.97 Å². The molecule has 4 heteroatoms. The van der Waals surface area contributed by atoms with E-state index in [1.54, 1.807) is 6.33 Å². The smallest absolute Gasteiger partial charge is 0.177 e. The maximum atomic E-state index is 4.40. The van der Waals surface area contributed by atoms with Crippen molar-refractivity contribution in [2.24, 2.45) is 0 Å². The third kappa shape index (κ3) is 2.86. The number of hydrogen-bond donors (Lipinski definition) is 1. The third-order valence-electron chi connectivity index (χ3n) is 4.94. The normalized spacial score (nSPS) is 17.4. The van der Waals surface area contributed by atoms with E-state index in [-0.39, 0.29) is 0 Å². The van der Waals surface area contributed by atoms with Gasteiger partial charge in [0.05, 0.1) is 11.8 Å². The van der Waals surface area contributed by atoms with Crippen LogP contribution in [-0.4, -0.2) is 32.9 Å². The molecule has 0 spiro atoms. The van der Waals surface area contributed by atoms with Crippen molar-refractivity contribution in [2.45, 2.75) is 32.2 Å². The summed E-state index contributed by atoms with van der Waals surface area (Å²) in [5.41, 5.74) is 5.46. The minimum atomic E-state index is 0.498. The SMILES string of the molecule is C[C@H](c1ccc(-c2cnc3nc[nH]c3c2)cc1)N1CCCCC1. The van der Waals surface area contributed by atoms with Crippen LogP contribution in [-0.2, 0) is 0 Å². The van der Waals surface area contributed by atoms with Crippen molar-refractivity contribution in [3.05, 3.63) is 48.4 Å². The molecule has 118 valence electrons. The van der Waals surface area contributed by atoms with Crippen molar-refractivity contribution in [3.63, 3.8) is 0 Å². The largest absolute Gasteiger partial charge is 0.343 e. The standard InChI is InChI=1S/C19H22N4/c1-14(23-9-3-2-4-10-23)15-5-7-16(8-6-15)17-11-18-19(20-12-17)22-13-21-18/h5-8,11-14H,2-4,9-10H2,1H3,(H,20,21,22)/t14-/m1/s1. The molecule has 1 N–H and O–H groups in total. The van der Waals surface area contributed by atoms with E-state index in [0.717, 1.165) is 16.7 Å². The van der Waals surface area contributed by atoms with Crippen LogP contribution in [0.3, 0.4) is 0 Å². The molecule has 0 bridgehead atoms.